The minimum absolute atomic E-state index is 0.360. The SMILES string of the molecule is Cc1ccc(-c2c(-n3c4c(c5cc(C)ccc53)CC(C)C=C4)c(C#N)c(-n3c4ccccc4c4ccccc43)c(C#N)c2-n2c3ccc(C)cc3c3cc(C)ccc32)cc1. The molecule has 1 aliphatic carbocycles. The Labute approximate surface area is 348 Å². The fourth-order valence-electron chi connectivity index (χ4n) is 10.0. The molecule has 60 heavy (non-hydrogen) atoms. The summed E-state index contributed by atoms with van der Waals surface area (Å²) in [5.41, 5.74) is 16.6. The first-order valence-electron chi connectivity index (χ1n) is 20.7. The number of aromatic nitrogens is 3. The molecule has 3 aromatic heterocycles. The van der Waals surface area contributed by atoms with Crippen LogP contribution < -0.4 is 0 Å². The zero-order chi connectivity index (χ0) is 41.0. The summed E-state index contributed by atoms with van der Waals surface area (Å²) in [5, 5.41) is 29.4. The number of hydrogen-bond acceptors (Lipinski definition) is 2. The molecule has 11 rings (SSSR count). The van der Waals surface area contributed by atoms with Gasteiger partial charge in [-0.05, 0) is 106 Å². The normalized spacial score (nSPS) is 13.8. The van der Waals surface area contributed by atoms with Gasteiger partial charge in [-0.1, -0.05) is 114 Å². The molecule has 5 nitrogen and oxygen atoms in total. The van der Waals surface area contributed by atoms with Gasteiger partial charge in [-0.15, -0.1) is 0 Å². The number of nitrogens with zero attached hydrogens (tertiary/aromatic N) is 5. The van der Waals surface area contributed by atoms with Gasteiger partial charge in [0.15, 0.2) is 0 Å². The van der Waals surface area contributed by atoms with E-state index in [1.165, 1.54) is 16.5 Å². The van der Waals surface area contributed by atoms with Crippen molar-refractivity contribution in [1.82, 2.24) is 13.7 Å². The second-order valence-corrected chi connectivity index (χ2v) is 16.8. The molecule has 0 saturated heterocycles. The van der Waals surface area contributed by atoms with Gasteiger partial charge in [0, 0.05) is 38.2 Å². The van der Waals surface area contributed by atoms with E-state index < -0.39 is 0 Å². The van der Waals surface area contributed by atoms with Crippen molar-refractivity contribution in [2.24, 2.45) is 5.92 Å². The van der Waals surface area contributed by atoms with Crippen LogP contribution in [0.25, 0.3) is 88.8 Å². The maximum Gasteiger partial charge on any atom is 0.104 e. The first kappa shape index (κ1) is 35.6. The molecule has 0 saturated carbocycles. The molecule has 1 atom stereocenters. The van der Waals surface area contributed by atoms with E-state index in [1.54, 1.807) is 0 Å². The first-order chi connectivity index (χ1) is 29.2. The molecular formula is C55H41N5. The molecule has 0 bridgehead atoms. The van der Waals surface area contributed by atoms with Gasteiger partial charge in [-0.25, -0.2) is 0 Å². The molecule has 0 fully saturated rings. The summed E-state index contributed by atoms with van der Waals surface area (Å²) in [6.45, 7) is 10.8. The minimum atomic E-state index is 0.360. The fraction of sp³-hybridized carbons (Fsp3) is 0.127. The van der Waals surface area contributed by atoms with Crippen molar-refractivity contribution in [3.63, 3.8) is 0 Å². The average molecular weight is 772 g/mol. The van der Waals surface area contributed by atoms with Crippen LogP contribution in [0.15, 0.2) is 133 Å². The van der Waals surface area contributed by atoms with Gasteiger partial charge in [0.25, 0.3) is 0 Å². The van der Waals surface area contributed by atoms with Crippen LogP contribution in [-0.2, 0) is 6.42 Å². The monoisotopic (exact) mass is 771 g/mol. The molecule has 3 heterocycles. The molecule has 0 aliphatic heterocycles. The van der Waals surface area contributed by atoms with Gasteiger partial charge >= 0.3 is 0 Å². The van der Waals surface area contributed by atoms with Gasteiger partial charge in [-0.2, -0.15) is 10.5 Å². The lowest BCUT2D eigenvalue weighted by Crippen LogP contribution is -2.15. The number of aryl methyl sites for hydroxylation is 4. The Kier molecular flexibility index (Phi) is 7.83. The minimum Gasteiger partial charge on any atom is -0.307 e. The van der Waals surface area contributed by atoms with Gasteiger partial charge in [-0.3, -0.25) is 0 Å². The zero-order valence-corrected chi connectivity index (χ0v) is 34.3. The van der Waals surface area contributed by atoms with Gasteiger partial charge in [0.1, 0.15) is 23.3 Å². The Morgan fingerprint density at radius 1 is 0.483 bits per heavy atom. The largest absolute Gasteiger partial charge is 0.307 e. The summed E-state index contributed by atoms with van der Waals surface area (Å²) in [6.07, 6.45) is 5.43. The van der Waals surface area contributed by atoms with E-state index in [2.05, 4.69) is 188 Å². The number of nitriles is 2. The van der Waals surface area contributed by atoms with Crippen LogP contribution in [0.2, 0.25) is 0 Å². The first-order valence-corrected chi connectivity index (χ1v) is 20.7. The molecule has 286 valence electrons. The van der Waals surface area contributed by atoms with Crippen molar-refractivity contribution in [3.8, 4) is 40.3 Å². The molecule has 10 aromatic rings. The van der Waals surface area contributed by atoms with Gasteiger partial charge < -0.3 is 13.7 Å². The zero-order valence-electron chi connectivity index (χ0n) is 34.3. The number of benzene rings is 7. The summed E-state index contributed by atoms with van der Waals surface area (Å²) in [7, 11) is 0. The number of allylic oxidation sites excluding steroid dienone is 1. The van der Waals surface area contributed by atoms with Crippen LogP contribution in [0.3, 0.4) is 0 Å². The van der Waals surface area contributed by atoms with E-state index >= 15 is 0 Å². The molecule has 7 aromatic carbocycles. The van der Waals surface area contributed by atoms with Crippen LogP contribution in [0.5, 0.6) is 0 Å². The van der Waals surface area contributed by atoms with E-state index in [1.807, 2.05) is 12.1 Å². The predicted molar refractivity (Wildman–Crippen MR) is 248 cm³/mol. The van der Waals surface area contributed by atoms with Crippen LogP contribution in [0.4, 0.5) is 0 Å². The molecule has 1 aliphatic rings. The summed E-state index contributed by atoms with van der Waals surface area (Å²) in [6, 6.07) is 50.7. The Morgan fingerprint density at radius 2 is 0.933 bits per heavy atom. The highest BCUT2D eigenvalue weighted by Crippen LogP contribution is 2.49. The second kappa shape index (κ2) is 13.2. The lowest BCUT2D eigenvalue weighted by Gasteiger charge is -2.27. The lowest BCUT2D eigenvalue weighted by molar-refractivity contribution is 0.717. The van der Waals surface area contributed by atoms with Crippen molar-refractivity contribution in [3.05, 3.63) is 178 Å². The van der Waals surface area contributed by atoms with Crippen LogP contribution in [-0.4, -0.2) is 13.7 Å². The number of rotatable bonds is 4. The smallest absolute Gasteiger partial charge is 0.104 e. The molecule has 0 radical (unpaired) electrons. The number of fused-ring (bicyclic) bond motifs is 9. The molecule has 0 amide bonds. The highest BCUT2D eigenvalue weighted by Gasteiger charge is 2.34. The molecule has 0 N–H and O–H groups in total. The Balaban J connectivity index is 1.47. The van der Waals surface area contributed by atoms with Crippen LogP contribution in [0.1, 0.15) is 51.6 Å². The maximum atomic E-state index is 12.0. The van der Waals surface area contributed by atoms with E-state index in [9.17, 15) is 10.5 Å². The Bertz CT molecular complexity index is 3480. The molecular weight excluding hydrogens is 731 g/mol. The number of hydrogen-bond donors (Lipinski definition) is 0. The second-order valence-electron chi connectivity index (χ2n) is 16.8. The summed E-state index contributed by atoms with van der Waals surface area (Å²) < 4.78 is 6.82. The van der Waals surface area contributed by atoms with Crippen molar-refractivity contribution >= 4 is 60.6 Å². The summed E-state index contributed by atoms with van der Waals surface area (Å²) in [5.74, 6) is 0.360. The quantitative estimate of drug-likeness (QED) is 0.179. The van der Waals surface area contributed by atoms with E-state index in [0.29, 0.717) is 22.7 Å². The van der Waals surface area contributed by atoms with E-state index in [0.717, 1.165) is 100 Å². The number of para-hydroxylation sites is 2. The van der Waals surface area contributed by atoms with Gasteiger partial charge in [0.05, 0.1) is 44.6 Å². The van der Waals surface area contributed by atoms with Gasteiger partial charge in [0.2, 0.25) is 0 Å². The van der Waals surface area contributed by atoms with Crippen LogP contribution in [0, 0.1) is 56.3 Å². The molecule has 0 spiro atoms. The lowest BCUT2D eigenvalue weighted by atomic mass is 9.90. The highest BCUT2D eigenvalue weighted by molar-refractivity contribution is 6.13. The van der Waals surface area contributed by atoms with E-state index in [4.69, 9.17) is 0 Å². The summed E-state index contributed by atoms with van der Waals surface area (Å²) in [4.78, 5) is 0. The summed E-state index contributed by atoms with van der Waals surface area (Å²) >= 11 is 0. The van der Waals surface area contributed by atoms with E-state index in [-0.39, 0.29) is 0 Å². The topological polar surface area (TPSA) is 62.4 Å². The van der Waals surface area contributed by atoms with Crippen molar-refractivity contribution in [2.45, 2.75) is 41.0 Å². The third-order valence-corrected chi connectivity index (χ3v) is 12.7. The molecule has 5 heteroatoms. The Morgan fingerprint density at radius 3 is 1.48 bits per heavy atom. The van der Waals surface area contributed by atoms with Crippen molar-refractivity contribution < 1.29 is 0 Å². The standard InChI is InChI=1S/C55H41N5/c1-32-14-20-37(21-15-32)52-54(59-48-22-16-33(2)26-40(48)41-27-34(3)17-23-49(41)59)44(30-56)53(58-46-12-8-6-10-38(46)39-11-7-9-13-47(39)58)45(31-57)55(52)60-50-24-18-35(4)28-42(50)43-29-36(5)19-25-51(43)60/h6-28,36H,29H2,1-5H3. The third kappa shape index (κ3) is 5.03. The maximum absolute atomic E-state index is 12.0. The third-order valence-electron chi connectivity index (χ3n) is 12.7. The fourth-order valence-corrected chi connectivity index (χ4v) is 10.0. The molecule has 1 unspecified atom stereocenters. The highest BCUT2D eigenvalue weighted by atomic mass is 15.1. The Hall–Kier alpha value is -7.60. The predicted octanol–water partition coefficient (Wildman–Crippen LogP) is 13.7. The van der Waals surface area contributed by atoms with Crippen molar-refractivity contribution in [2.75, 3.05) is 0 Å². The van der Waals surface area contributed by atoms with Crippen LogP contribution >= 0.6 is 0 Å². The average Bonchev–Trinajstić information content (AvgIpc) is 3.87. The van der Waals surface area contributed by atoms with Crippen molar-refractivity contribution in [1.29, 1.82) is 10.5 Å².